The van der Waals surface area contributed by atoms with E-state index in [-0.39, 0.29) is 5.54 Å². The van der Waals surface area contributed by atoms with Crippen molar-refractivity contribution in [1.29, 1.82) is 5.26 Å². The smallest absolute Gasteiger partial charge is 0.113 e. The molecule has 0 amide bonds. The Morgan fingerprint density at radius 1 is 1.17 bits per heavy atom. The van der Waals surface area contributed by atoms with E-state index in [0.717, 1.165) is 25.9 Å². The van der Waals surface area contributed by atoms with Gasteiger partial charge in [-0.1, -0.05) is 43.7 Å². The van der Waals surface area contributed by atoms with E-state index < -0.39 is 0 Å². The maximum absolute atomic E-state index is 9.70. The third-order valence-electron chi connectivity index (χ3n) is 4.09. The molecule has 1 fully saturated rings. The topological polar surface area (TPSA) is 27.0 Å². The van der Waals surface area contributed by atoms with Gasteiger partial charge >= 0.3 is 0 Å². The Balaban J connectivity index is 2.18. The highest BCUT2D eigenvalue weighted by Crippen LogP contribution is 2.27. The molecule has 2 nitrogen and oxygen atoms in total. The van der Waals surface area contributed by atoms with E-state index >= 15 is 0 Å². The fraction of sp³-hybridized carbons (Fsp3) is 0.562. The van der Waals surface area contributed by atoms with Crippen LogP contribution in [0.5, 0.6) is 0 Å². The molecule has 1 aliphatic rings. The van der Waals surface area contributed by atoms with Crippen LogP contribution >= 0.6 is 0 Å². The molecule has 1 saturated heterocycles. The van der Waals surface area contributed by atoms with Crippen LogP contribution in [0.15, 0.2) is 30.3 Å². The molecule has 1 unspecified atom stereocenters. The van der Waals surface area contributed by atoms with Gasteiger partial charge in [0.2, 0.25) is 0 Å². The molecule has 0 spiro atoms. The van der Waals surface area contributed by atoms with Crippen molar-refractivity contribution >= 4 is 0 Å². The number of nitriles is 1. The lowest BCUT2D eigenvalue weighted by Gasteiger charge is -2.40. The van der Waals surface area contributed by atoms with E-state index in [2.05, 4.69) is 42.2 Å². The van der Waals surface area contributed by atoms with Crippen molar-refractivity contribution in [2.24, 2.45) is 0 Å². The first-order valence-corrected chi connectivity index (χ1v) is 7.01. The second kappa shape index (κ2) is 6.02. The summed E-state index contributed by atoms with van der Waals surface area (Å²) >= 11 is 0. The molecular formula is C16H22N2. The van der Waals surface area contributed by atoms with Gasteiger partial charge in [-0.3, -0.25) is 4.90 Å². The van der Waals surface area contributed by atoms with Crippen molar-refractivity contribution in [3.63, 3.8) is 0 Å². The number of hydrogen-bond acceptors (Lipinski definition) is 2. The summed E-state index contributed by atoms with van der Waals surface area (Å²) in [4.78, 5) is 2.41. The van der Waals surface area contributed by atoms with E-state index in [1.54, 1.807) is 0 Å². The van der Waals surface area contributed by atoms with Crippen LogP contribution in [0.4, 0.5) is 0 Å². The summed E-state index contributed by atoms with van der Waals surface area (Å²) in [5.74, 6) is 0. The van der Waals surface area contributed by atoms with Crippen LogP contribution in [-0.2, 0) is 6.42 Å². The molecule has 1 aromatic rings. The molecule has 1 heterocycles. The van der Waals surface area contributed by atoms with Crippen molar-refractivity contribution in [3.8, 4) is 6.07 Å². The number of benzene rings is 1. The minimum absolute atomic E-state index is 0.304. The molecule has 0 N–H and O–H groups in total. The van der Waals surface area contributed by atoms with Gasteiger partial charge in [0.15, 0.2) is 0 Å². The van der Waals surface area contributed by atoms with Crippen LogP contribution in [0.3, 0.4) is 0 Å². The average Bonchev–Trinajstić information content (AvgIpc) is 2.47. The van der Waals surface area contributed by atoms with Crippen molar-refractivity contribution in [1.82, 2.24) is 4.90 Å². The summed E-state index contributed by atoms with van der Waals surface area (Å²) in [7, 11) is 0. The van der Waals surface area contributed by atoms with Crippen molar-refractivity contribution in [2.45, 2.75) is 44.6 Å². The highest BCUT2D eigenvalue weighted by Gasteiger charge is 2.35. The van der Waals surface area contributed by atoms with Gasteiger partial charge in [0, 0.05) is 6.42 Å². The number of hydrogen-bond donors (Lipinski definition) is 0. The molecular weight excluding hydrogens is 220 g/mol. The zero-order chi connectivity index (χ0) is 12.8. The number of rotatable bonds is 4. The van der Waals surface area contributed by atoms with Crippen molar-refractivity contribution < 1.29 is 0 Å². The molecule has 0 bridgehead atoms. The van der Waals surface area contributed by atoms with Gasteiger partial charge in [-0.15, -0.1) is 0 Å². The minimum Gasteiger partial charge on any atom is -0.285 e. The van der Waals surface area contributed by atoms with Crippen LogP contribution in [0.2, 0.25) is 0 Å². The van der Waals surface area contributed by atoms with E-state index in [1.165, 1.54) is 24.8 Å². The highest BCUT2D eigenvalue weighted by molar-refractivity contribution is 5.22. The normalized spacial score (nSPS) is 20.0. The highest BCUT2D eigenvalue weighted by atomic mass is 15.2. The Morgan fingerprint density at radius 2 is 1.83 bits per heavy atom. The molecule has 1 aliphatic heterocycles. The van der Waals surface area contributed by atoms with E-state index in [1.807, 2.05) is 6.07 Å². The zero-order valence-electron chi connectivity index (χ0n) is 11.2. The van der Waals surface area contributed by atoms with Gasteiger partial charge in [0.25, 0.3) is 0 Å². The summed E-state index contributed by atoms with van der Waals surface area (Å²) in [5.41, 5.74) is 0.966. The van der Waals surface area contributed by atoms with E-state index in [0.29, 0.717) is 0 Å². The first-order valence-electron chi connectivity index (χ1n) is 7.01. The first kappa shape index (κ1) is 13.1. The maximum atomic E-state index is 9.70. The van der Waals surface area contributed by atoms with Crippen LogP contribution in [0.25, 0.3) is 0 Å². The largest absolute Gasteiger partial charge is 0.285 e. The Hall–Kier alpha value is -1.33. The van der Waals surface area contributed by atoms with Crippen LogP contribution in [0, 0.1) is 11.3 Å². The second-order valence-electron chi connectivity index (χ2n) is 5.21. The summed E-state index contributed by atoms with van der Waals surface area (Å²) in [5, 5.41) is 9.70. The summed E-state index contributed by atoms with van der Waals surface area (Å²) in [6, 6.07) is 13.0. The summed E-state index contributed by atoms with van der Waals surface area (Å²) in [6.45, 7) is 4.29. The molecule has 2 heteroatoms. The molecule has 18 heavy (non-hydrogen) atoms. The van der Waals surface area contributed by atoms with Gasteiger partial charge < -0.3 is 0 Å². The van der Waals surface area contributed by atoms with Gasteiger partial charge in [-0.25, -0.2) is 0 Å². The fourth-order valence-corrected chi connectivity index (χ4v) is 2.91. The number of piperidine rings is 1. The fourth-order valence-electron chi connectivity index (χ4n) is 2.91. The Kier molecular flexibility index (Phi) is 4.38. The van der Waals surface area contributed by atoms with Gasteiger partial charge in [-0.05, 0) is 37.9 Å². The Morgan fingerprint density at radius 3 is 2.39 bits per heavy atom. The SMILES string of the molecule is CCC(C#N)(Cc1ccccc1)N1CCCCC1. The molecule has 0 saturated carbocycles. The number of likely N-dealkylation sites (tertiary alicyclic amines) is 1. The van der Waals surface area contributed by atoms with Crippen molar-refractivity contribution in [3.05, 3.63) is 35.9 Å². The van der Waals surface area contributed by atoms with Gasteiger partial charge in [-0.2, -0.15) is 5.26 Å². The lowest BCUT2D eigenvalue weighted by Crippen LogP contribution is -2.51. The Bertz CT molecular complexity index is 401. The minimum atomic E-state index is -0.304. The van der Waals surface area contributed by atoms with Gasteiger partial charge in [0.05, 0.1) is 6.07 Å². The van der Waals surface area contributed by atoms with Gasteiger partial charge in [0.1, 0.15) is 5.54 Å². The molecule has 2 rings (SSSR count). The number of nitrogens with zero attached hydrogens (tertiary/aromatic N) is 2. The third-order valence-corrected chi connectivity index (χ3v) is 4.09. The van der Waals surface area contributed by atoms with Crippen LogP contribution in [-0.4, -0.2) is 23.5 Å². The summed E-state index contributed by atoms with van der Waals surface area (Å²) < 4.78 is 0. The predicted molar refractivity (Wildman–Crippen MR) is 74.2 cm³/mol. The second-order valence-corrected chi connectivity index (χ2v) is 5.21. The van der Waals surface area contributed by atoms with E-state index in [9.17, 15) is 5.26 Å². The Labute approximate surface area is 110 Å². The predicted octanol–water partition coefficient (Wildman–Crippen LogP) is 3.39. The lowest BCUT2D eigenvalue weighted by molar-refractivity contribution is 0.106. The summed E-state index contributed by atoms with van der Waals surface area (Å²) in [6.07, 6.45) is 5.53. The maximum Gasteiger partial charge on any atom is 0.113 e. The quantitative estimate of drug-likeness (QED) is 0.809. The molecule has 1 aromatic carbocycles. The lowest BCUT2D eigenvalue weighted by atomic mass is 9.86. The van der Waals surface area contributed by atoms with Crippen LogP contribution < -0.4 is 0 Å². The monoisotopic (exact) mass is 242 g/mol. The molecule has 1 atom stereocenters. The molecule has 96 valence electrons. The zero-order valence-corrected chi connectivity index (χ0v) is 11.2. The average molecular weight is 242 g/mol. The molecule has 0 radical (unpaired) electrons. The standard InChI is InChI=1S/C16H22N2/c1-2-16(14-17,18-11-7-4-8-12-18)13-15-9-5-3-6-10-15/h3,5-6,9-10H,2,4,7-8,11-13H2,1H3. The van der Waals surface area contributed by atoms with E-state index in [4.69, 9.17) is 0 Å². The van der Waals surface area contributed by atoms with Crippen molar-refractivity contribution in [2.75, 3.05) is 13.1 Å². The van der Waals surface area contributed by atoms with Crippen LogP contribution in [0.1, 0.15) is 38.2 Å². The first-order chi connectivity index (χ1) is 8.80. The molecule has 0 aromatic heterocycles. The third kappa shape index (κ3) is 2.73. The molecule has 0 aliphatic carbocycles.